The highest BCUT2D eigenvalue weighted by Crippen LogP contribution is 2.19. The van der Waals surface area contributed by atoms with Gasteiger partial charge in [-0.1, -0.05) is 60.7 Å². The quantitative estimate of drug-likeness (QED) is 0.674. The van der Waals surface area contributed by atoms with Crippen molar-refractivity contribution < 1.29 is 4.79 Å². The minimum atomic E-state index is -0.599. The number of nitrogens with one attached hydrogen (secondary N) is 2. The van der Waals surface area contributed by atoms with Gasteiger partial charge >= 0.3 is 5.69 Å². The number of amides is 1. The average molecular weight is 363 g/mol. The molecular weight excluding hydrogens is 342 g/mol. The van der Waals surface area contributed by atoms with Crippen molar-refractivity contribution in [1.82, 2.24) is 14.9 Å². The third-order valence-electron chi connectivity index (χ3n) is 4.31. The number of aryl methyl sites for hydroxylation is 1. The van der Waals surface area contributed by atoms with Crippen LogP contribution in [0.4, 0.5) is 0 Å². The lowest BCUT2D eigenvalue weighted by Crippen LogP contribution is -2.37. The van der Waals surface area contributed by atoms with Gasteiger partial charge in [0, 0.05) is 12.3 Å². The summed E-state index contributed by atoms with van der Waals surface area (Å²) in [7, 11) is 0. The standard InChI is InChI=1S/C21H21N3O3/c25-19-13-14-24(21(27)23-19)15-20(26)22-18(17-9-5-2-6-10-17)12-11-16-7-3-1-4-8-16/h1-10,13-14,18H,11-12,15H2,(H,22,26)(H,23,25,27)/t18-/m1/s1. The molecule has 6 heteroatoms. The van der Waals surface area contributed by atoms with Gasteiger partial charge < -0.3 is 5.32 Å². The molecule has 1 heterocycles. The molecule has 1 aromatic heterocycles. The van der Waals surface area contributed by atoms with Crippen LogP contribution in [0.2, 0.25) is 0 Å². The second kappa shape index (κ2) is 8.80. The monoisotopic (exact) mass is 363 g/mol. The highest BCUT2D eigenvalue weighted by atomic mass is 16.2. The molecule has 138 valence electrons. The van der Waals surface area contributed by atoms with Crippen LogP contribution in [0.25, 0.3) is 0 Å². The summed E-state index contributed by atoms with van der Waals surface area (Å²) >= 11 is 0. The van der Waals surface area contributed by atoms with Crippen LogP contribution in [-0.4, -0.2) is 15.5 Å². The van der Waals surface area contributed by atoms with Crippen LogP contribution in [0.1, 0.15) is 23.6 Å². The highest BCUT2D eigenvalue weighted by molar-refractivity contribution is 5.76. The smallest absolute Gasteiger partial charge is 0.328 e. The Labute approximate surface area is 156 Å². The predicted octanol–water partition coefficient (Wildman–Crippen LogP) is 2.03. The number of hydrogen-bond acceptors (Lipinski definition) is 3. The summed E-state index contributed by atoms with van der Waals surface area (Å²) < 4.78 is 1.18. The topological polar surface area (TPSA) is 84.0 Å². The van der Waals surface area contributed by atoms with Gasteiger partial charge in [0.25, 0.3) is 5.56 Å². The second-order valence-corrected chi connectivity index (χ2v) is 6.29. The lowest BCUT2D eigenvalue weighted by atomic mass is 9.99. The Hall–Kier alpha value is -3.41. The van der Waals surface area contributed by atoms with Gasteiger partial charge in [0.1, 0.15) is 6.54 Å². The number of rotatable bonds is 7. The van der Waals surface area contributed by atoms with Gasteiger partial charge in [0.05, 0.1) is 6.04 Å². The SMILES string of the molecule is O=C(Cn1ccc(=O)[nH]c1=O)N[C@H](CCc1ccccc1)c1ccccc1. The van der Waals surface area contributed by atoms with Crippen molar-refractivity contribution in [3.63, 3.8) is 0 Å². The maximum Gasteiger partial charge on any atom is 0.328 e. The fourth-order valence-electron chi connectivity index (χ4n) is 2.93. The largest absolute Gasteiger partial charge is 0.348 e. The number of benzene rings is 2. The van der Waals surface area contributed by atoms with Crippen molar-refractivity contribution in [2.24, 2.45) is 0 Å². The lowest BCUT2D eigenvalue weighted by molar-refractivity contribution is -0.122. The first-order valence-electron chi connectivity index (χ1n) is 8.80. The van der Waals surface area contributed by atoms with Gasteiger partial charge in [0.2, 0.25) is 5.91 Å². The van der Waals surface area contributed by atoms with E-state index >= 15 is 0 Å². The molecule has 0 unspecified atom stereocenters. The molecule has 0 spiro atoms. The van der Waals surface area contributed by atoms with Gasteiger partial charge in [-0.2, -0.15) is 0 Å². The third kappa shape index (κ3) is 5.28. The molecule has 2 aromatic carbocycles. The van der Waals surface area contributed by atoms with Crippen molar-refractivity contribution in [3.05, 3.63) is 105 Å². The summed E-state index contributed by atoms with van der Waals surface area (Å²) in [5.41, 5.74) is 1.13. The molecule has 0 saturated carbocycles. The number of aromatic amines is 1. The first-order valence-corrected chi connectivity index (χ1v) is 8.80. The Morgan fingerprint density at radius 1 is 0.963 bits per heavy atom. The van der Waals surface area contributed by atoms with Crippen LogP contribution in [0, 0.1) is 0 Å². The van der Waals surface area contributed by atoms with Crippen LogP contribution in [0.15, 0.2) is 82.5 Å². The second-order valence-electron chi connectivity index (χ2n) is 6.29. The van der Waals surface area contributed by atoms with Crippen LogP contribution in [0.5, 0.6) is 0 Å². The molecule has 1 atom stereocenters. The van der Waals surface area contributed by atoms with Crippen LogP contribution in [0.3, 0.4) is 0 Å². The van der Waals surface area contributed by atoms with Gasteiger partial charge in [-0.25, -0.2) is 4.79 Å². The Bertz CT molecular complexity index is 994. The van der Waals surface area contributed by atoms with E-state index in [-0.39, 0.29) is 18.5 Å². The number of carbonyl (C=O) groups is 1. The molecule has 0 fully saturated rings. The van der Waals surface area contributed by atoms with Crippen molar-refractivity contribution in [2.75, 3.05) is 0 Å². The van der Waals surface area contributed by atoms with E-state index in [9.17, 15) is 14.4 Å². The average Bonchev–Trinajstić information content (AvgIpc) is 2.69. The Kier molecular flexibility index (Phi) is 5.99. The van der Waals surface area contributed by atoms with Crippen molar-refractivity contribution >= 4 is 5.91 Å². The van der Waals surface area contributed by atoms with E-state index in [1.165, 1.54) is 22.4 Å². The molecular formula is C21H21N3O3. The summed E-state index contributed by atoms with van der Waals surface area (Å²) in [6.45, 7) is -0.149. The van der Waals surface area contributed by atoms with Crippen molar-refractivity contribution in [1.29, 1.82) is 0 Å². The Balaban J connectivity index is 1.71. The highest BCUT2D eigenvalue weighted by Gasteiger charge is 2.15. The van der Waals surface area contributed by atoms with Gasteiger partial charge in [-0.05, 0) is 24.0 Å². The molecule has 2 N–H and O–H groups in total. The number of nitrogens with zero attached hydrogens (tertiary/aromatic N) is 1. The summed E-state index contributed by atoms with van der Waals surface area (Å²) in [5.74, 6) is -0.286. The summed E-state index contributed by atoms with van der Waals surface area (Å²) in [5, 5.41) is 3.00. The third-order valence-corrected chi connectivity index (χ3v) is 4.31. The van der Waals surface area contributed by atoms with E-state index in [0.717, 1.165) is 18.4 Å². The Morgan fingerprint density at radius 2 is 1.63 bits per heavy atom. The molecule has 0 radical (unpaired) electrons. The normalized spacial score (nSPS) is 11.7. The van der Waals surface area contributed by atoms with Crippen LogP contribution in [-0.2, 0) is 17.8 Å². The zero-order valence-electron chi connectivity index (χ0n) is 14.8. The lowest BCUT2D eigenvalue weighted by Gasteiger charge is -2.20. The Morgan fingerprint density at radius 3 is 2.30 bits per heavy atom. The minimum absolute atomic E-state index is 0.149. The maximum absolute atomic E-state index is 12.5. The van der Waals surface area contributed by atoms with E-state index < -0.39 is 11.2 Å². The zero-order valence-corrected chi connectivity index (χ0v) is 14.8. The molecule has 27 heavy (non-hydrogen) atoms. The number of aromatic nitrogens is 2. The van der Waals surface area contributed by atoms with E-state index in [4.69, 9.17) is 0 Å². The number of H-pyrrole nitrogens is 1. The summed E-state index contributed by atoms with van der Waals surface area (Å²) in [6.07, 6.45) is 2.88. The molecule has 3 aromatic rings. The van der Waals surface area contributed by atoms with Gasteiger partial charge in [-0.15, -0.1) is 0 Å². The number of carbonyl (C=O) groups excluding carboxylic acids is 1. The predicted molar refractivity (Wildman–Crippen MR) is 103 cm³/mol. The fourth-order valence-corrected chi connectivity index (χ4v) is 2.93. The molecule has 0 aliphatic heterocycles. The molecule has 0 aliphatic rings. The van der Waals surface area contributed by atoms with Crippen molar-refractivity contribution in [2.45, 2.75) is 25.4 Å². The van der Waals surface area contributed by atoms with Crippen LogP contribution >= 0.6 is 0 Å². The first kappa shape index (κ1) is 18.4. The maximum atomic E-state index is 12.5. The molecule has 1 amide bonds. The van der Waals surface area contributed by atoms with Gasteiger partial charge in [-0.3, -0.25) is 19.1 Å². The van der Waals surface area contributed by atoms with E-state index in [1.807, 2.05) is 48.5 Å². The van der Waals surface area contributed by atoms with Crippen molar-refractivity contribution in [3.8, 4) is 0 Å². The van der Waals surface area contributed by atoms with E-state index in [0.29, 0.717) is 0 Å². The van der Waals surface area contributed by atoms with E-state index in [1.54, 1.807) is 0 Å². The summed E-state index contributed by atoms with van der Waals surface area (Å²) in [6, 6.07) is 20.9. The molecule has 0 bridgehead atoms. The van der Waals surface area contributed by atoms with E-state index in [2.05, 4.69) is 22.4 Å². The van der Waals surface area contributed by atoms with Crippen LogP contribution < -0.4 is 16.6 Å². The first-order chi connectivity index (χ1) is 13.1. The molecule has 0 aliphatic carbocycles. The molecule has 6 nitrogen and oxygen atoms in total. The fraction of sp³-hybridized carbons (Fsp3) is 0.190. The minimum Gasteiger partial charge on any atom is -0.348 e. The number of hydrogen-bond donors (Lipinski definition) is 2. The molecule has 0 saturated heterocycles. The summed E-state index contributed by atoms with van der Waals surface area (Å²) in [4.78, 5) is 37.5. The van der Waals surface area contributed by atoms with Gasteiger partial charge in [0.15, 0.2) is 0 Å². The zero-order chi connectivity index (χ0) is 19.1. The molecule has 3 rings (SSSR count).